The second kappa shape index (κ2) is 3.90. The van der Waals surface area contributed by atoms with Crippen molar-refractivity contribution in [2.24, 2.45) is 0 Å². The van der Waals surface area contributed by atoms with E-state index < -0.39 is 5.24 Å². The van der Waals surface area contributed by atoms with Crippen molar-refractivity contribution in [3.63, 3.8) is 0 Å². The Morgan fingerprint density at radius 3 is 2.85 bits per heavy atom. The maximum absolute atomic E-state index is 12.1. The van der Waals surface area contributed by atoms with E-state index in [1.807, 2.05) is 30.4 Å². The molecule has 0 saturated carbocycles. The van der Waals surface area contributed by atoms with E-state index >= 15 is 0 Å². The van der Waals surface area contributed by atoms with Gasteiger partial charge < -0.3 is 0 Å². The summed E-state index contributed by atoms with van der Waals surface area (Å²) in [6.07, 6.45) is 11.7. The minimum absolute atomic E-state index is 0.0804. The van der Waals surface area contributed by atoms with Crippen molar-refractivity contribution in [3.05, 3.63) is 64.1 Å². The van der Waals surface area contributed by atoms with Gasteiger partial charge in [0.1, 0.15) is 0 Å². The Bertz CT molecular complexity index is 898. The van der Waals surface area contributed by atoms with Gasteiger partial charge in [-0.25, -0.2) is 0 Å². The van der Waals surface area contributed by atoms with Gasteiger partial charge in [0.05, 0.1) is 5.57 Å². The second-order valence-electron chi connectivity index (χ2n) is 5.04. The van der Waals surface area contributed by atoms with Crippen molar-refractivity contribution < 1.29 is 9.59 Å². The fourth-order valence-electron chi connectivity index (χ4n) is 3.15. The molecular weight excluding hydrogens is 272 g/mol. The number of rotatable bonds is 1. The van der Waals surface area contributed by atoms with E-state index in [2.05, 4.69) is 12.2 Å². The van der Waals surface area contributed by atoms with E-state index in [1.165, 1.54) is 6.08 Å². The van der Waals surface area contributed by atoms with Crippen LogP contribution in [0.3, 0.4) is 0 Å². The van der Waals surface area contributed by atoms with Crippen LogP contribution in [0.25, 0.3) is 17.2 Å². The fraction of sp³-hybridized carbons (Fsp3) is 0.0588. The summed E-state index contributed by atoms with van der Waals surface area (Å²) in [6, 6.07) is 3.76. The summed E-state index contributed by atoms with van der Waals surface area (Å²) in [5, 5.41) is 1.09. The molecule has 4 rings (SSSR count). The lowest BCUT2D eigenvalue weighted by Gasteiger charge is -2.25. The van der Waals surface area contributed by atoms with Gasteiger partial charge in [0, 0.05) is 5.92 Å². The molecule has 1 unspecified atom stereocenters. The molecule has 96 valence electrons. The van der Waals surface area contributed by atoms with Gasteiger partial charge in [-0.15, -0.1) is 0 Å². The number of benzene rings is 1. The number of carbonyl (C=O) groups excluding carboxylic acids is 2. The number of allylic oxidation sites excluding steroid dienone is 6. The smallest absolute Gasteiger partial charge is 0.256 e. The van der Waals surface area contributed by atoms with Gasteiger partial charge >= 0.3 is 0 Å². The van der Waals surface area contributed by atoms with Crippen LogP contribution in [-0.2, 0) is 9.59 Å². The van der Waals surface area contributed by atoms with E-state index in [0.717, 1.165) is 21.9 Å². The molecule has 0 saturated heterocycles. The third-order valence-electron chi connectivity index (χ3n) is 3.98. The summed E-state index contributed by atoms with van der Waals surface area (Å²) in [5.74, 6) is -0.118. The van der Waals surface area contributed by atoms with Crippen LogP contribution in [0.2, 0.25) is 0 Å². The van der Waals surface area contributed by atoms with Crippen molar-refractivity contribution in [3.8, 4) is 0 Å². The van der Waals surface area contributed by atoms with Crippen LogP contribution in [0.5, 0.6) is 0 Å². The van der Waals surface area contributed by atoms with Crippen LogP contribution in [0.4, 0.5) is 0 Å². The third-order valence-corrected chi connectivity index (χ3v) is 4.17. The Kier molecular flexibility index (Phi) is 2.27. The van der Waals surface area contributed by atoms with Crippen molar-refractivity contribution in [2.75, 3.05) is 0 Å². The zero-order valence-corrected chi connectivity index (χ0v) is 11.1. The Morgan fingerprint density at radius 1 is 1.20 bits per heavy atom. The largest absolute Gasteiger partial charge is 0.289 e. The molecule has 0 N–H and O–H groups in total. The summed E-state index contributed by atoms with van der Waals surface area (Å²) in [5.41, 5.74) is 3.07. The first-order chi connectivity index (χ1) is 9.66. The molecule has 0 fully saturated rings. The van der Waals surface area contributed by atoms with Crippen molar-refractivity contribution in [1.29, 1.82) is 0 Å². The molecule has 0 radical (unpaired) electrons. The van der Waals surface area contributed by atoms with E-state index in [4.69, 9.17) is 11.6 Å². The molecule has 3 heteroatoms. The highest BCUT2D eigenvalue weighted by atomic mass is 35.5. The van der Waals surface area contributed by atoms with Crippen LogP contribution < -0.4 is 10.4 Å². The molecule has 0 aromatic heterocycles. The van der Waals surface area contributed by atoms with Gasteiger partial charge in [0.25, 0.3) is 5.24 Å². The molecule has 1 atom stereocenters. The molecule has 3 aliphatic carbocycles. The van der Waals surface area contributed by atoms with Gasteiger partial charge in [0.15, 0.2) is 5.78 Å². The molecule has 0 spiro atoms. The number of ketones is 1. The first-order valence-electron chi connectivity index (χ1n) is 6.37. The van der Waals surface area contributed by atoms with Crippen LogP contribution >= 0.6 is 11.6 Å². The monoisotopic (exact) mass is 280 g/mol. The zero-order chi connectivity index (χ0) is 13.9. The molecule has 3 aliphatic rings. The molecule has 1 aromatic rings. The molecule has 2 nitrogen and oxygen atoms in total. The van der Waals surface area contributed by atoms with Crippen LogP contribution in [0.1, 0.15) is 17.0 Å². The fourth-order valence-corrected chi connectivity index (χ4v) is 3.35. The van der Waals surface area contributed by atoms with E-state index in [9.17, 15) is 9.59 Å². The first kappa shape index (κ1) is 11.6. The van der Waals surface area contributed by atoms with E-state index in [-0.39, 0.29) is 17.3 Å². The number of hydrogen-bond acceptors (Lipinski definition) is 2. The maximum atomic E-state index is 12.1. The third kappa shape index (κ3) is 1.40. The number of halogens is 1. The highest BCUT2D eigenvalue weighted by Crippen LogP contribution is 2.33. The molecule has 0 aliphatic heterocycles. The van der Waals surface area contributed by atoms with Crippen LogP contribution in [0.15, 0.2) is 42.5 Å². The SMILES string of the molecule is O=C(Cl)C1=c2ccc3c4c2C(=CC1=O)C=CC4C=CC=3. The summed E-state index contributed by atoms with van der Waals surface area (Å²) in [4.78, 5) is 23.7. The number of carbonyl (C=O) groups is 2. The highest BCUT2D eigenvalue weighted by molar-refractivity contribution is 6.79. The highest BCUT2D eigenvalue weighted by Gasteiger charge is 2.28. The van der Waals surface area contributed by atoms with Gasteiger partial charge in [0.2, 0.25) is 0 Å². The second-order valence-corrected chi connectivity index (χ2v) is 5.38. The molecule has 1 aromatic carbocycles. The van der Waals surface area contributed by atoms with Crippen molar-refractivity contribution >= 4 is 39.8 Å². The Morgan fingerprint density at radius 2 is 2.05 bits per heavy atom. The minimum Gasteiger partial charge on any atom is -0.289 e. The van der Waals surface area contributed by atoms with E-state index in [0.29, 0.717) is 5.22 Å². The van der Waals surface area contributed by atoms with Gasteiger partial charge in [-0.3, -0.25) is 9.59 Å². The topological polar surface area (TPSA) is 34.1 Å². The summed E-state index contributed by atoms with van der Waals surface area (Å²) in [7, 11) is 0. The lowest BCUT2D eigenvalue weighted by atomic mass is 9.77. The van der Waals surface area contributed by atoms with Crippen molar-refractivity contribution in [1.82, 2.24) is 0 Å². The lowest BCUT2D eigenvalue weighted by Crippen LogP contribution is -2.32. The summed E-state index contributed by atoms with van der Waals surface area (Å²) >= 11 is 5.60. The molecule has 0 heterocycles. The molecule has 0 amide bonds. The standard InChI is InChI=1S/C17H9ClO2/c18-17(20)16-12-7-6-10-3-1-2-9-4-5-11(8-13(16)19)15(12)14(9)10/h1-9H. The van der Waals surface area contributed by atoms with Crippen molar-refractivity contribution in [2.45, 2.75) is 5.92 Å². The quantitative estimate of drug-likeness (QED) is 0.732. The average Bonchev–Trinajstić information content (AvgIpc) is 2.43. The predicted octanol–water partition coefficient (Wildman–Crippen LogP) is 1.57. The molecule has 0 bridgehead atoms. The Balaban J connectivity index is 2.25. The average molecular weight is 281 g/mol. The van der Waals surface area contributed by atoms with Crippen LogP contribution in [-0.4, -0.2) is 11.0 Å². The van der Waals surface area contributed by atoms with Gasteiger partial charge in [-0.1, -0.05) is 42.5 Å². The lowest BCUT2D eigenvalue weighted by molar-refractivity contribution is -0.112. The van der Waals surface area contributed by atoms with Gasteiger partial charge in [-0.05, 0) is 44.8 Å². The summed E-state index contributed by atoms with van der Waals surface area (Å²) < 4.78 is 0. The molecular formula is C17H9ClO2. The van der Waals surface area contributed by atoms with E-state index in [1.54, 1.807) is 0 Å². The minimum atomic E-state index is -0.692. The maximum Gasteiger partial charge on any atom is 0.256 e. The first-order valence-corrected chi connectivity index (χ1v) is 6.75. The zero-order valence-electron chi connectivity index (χ0n) is 10.4. The van der Waals surface area contributed by atoms with Crippen LogP contribution in [0, 0.1) is 0 Å². The Labute approximate surface area is 120 Å². The summed E-state index contributed by atoms with van der Waals surface area (Å²) in [6.45, 7) is 0. The normalized spacial score (nSPS) is 21.2. The van der Waals surface area contributed by atoms with Gasteiger partial charge in [-0.2, -0.15) is 0 Å². The molecule has 20 heavy (non-hydrogen) atoms. The Hall–Kier alpha value is -2.19. The number of hydrogen-bond donors (Lipinski definition) is 0. The predicted molar refractivity (Wildman–Crippen MR) is 78.4 cm³/mol.